The molecule has 0 N–H and O–H groups in total. The van der Waals surface area contributed by atoms with Crippen LogP contribution in [0.5, 0.6) is 0 Å². The lowest BCUT2D eigenvalue weighted by Crippen LogP contribution is -1.80. The summed E-state index contributed by atoms with van der Waals surface area (Å²) in [5, 5.41) is 9.10. The van der Waals surface area contributed by atoms with E-state index in [1.165, 1.54) is 0 Å². The molecule has 1 aromatic rings. The van der Waals surface area contributed by atoms with Gasteiger partial charge in [-0.25, -0.2) is 0 Å². The van der Waals surface area contributed by atoms with Crippen LogP contribution in [-0.2, 0) is 0 Å². The average molecular weight is 261 g/mol. The predicted molar refractivity (Wildman–Crippen MR) is 55.1 cm³/mol. The van der Waals surface area contributed by atoms with Crippen molar-refractivity contribution in [2.45, 2.75) is 13.3 Å². The standard InChI is InChI=1S/C9H7BrClNO/c1-2-6(5-12)9(11)7-3-4-8(10)13-7/h3-4H,2H2,1H3. The molecule has 0 saturated carbocycles. The van der Waals surface area contributed by atoms with E-state index in [0.29, 0.717) is 27.5 Å². The first-order valence-electron chi connectivity index (χ1n) is 3.73. The molecule has 68 valence electrons. The largest absolute Gasteiger partial charge is 0.448 e. The summed E-state index contributed by atoms with van der Waals surface area (Å²) < 4.78 is 5.81. The number of rotatable bonds is 2. The zero-order valence-corrected chi connectivity index (χ0v) is 9.32. The molecule has 0 aliphatic heterocycles. The fraction of sp³-hybridized carbons (Fsp3) is 0.222. The van der Waals surface area contributed by atoms with Crippen molar-refractivity contribution in [3.63, 3.8) is 0 Å². The number of furan rings is 1. The highest BCUT2D eigenvalue weighted by Crippen LogP contribution is 2.27. The Bertz CT molecular complexity index is 375. The monoisotopic (exact) mass is 259 g/mol. The van der Waals surface area contributed by atoms with Crippen LogP contribution in [0.2, 0.25) is 0 Å². The Morgan fingerprint density at radius 1 is 1.69 bits per heavy atom. The van der Waals surface area contributed by atoms with Gasteiger partial charge in [0.1, 0.15) is 5.76 Å². The van der Waals surface area contributed by atoms with Crippen LogP contribution in [0.25, 0.3) is 5.03 Å². The zero-order valence-electron chi connectivity index (χ0n) is 6.97. The molecule has 0 aliphatic rings. The number of nitriles is 1. The van der Waals surface area contributed by atoms with Gasteiger partial charge in [0.15, 0.2) is 4.67 Å². The molecule has 0 bridgehead atoms. The molecule has 2 nitrogen and oxygen atoms in total. The normalized spacial score (nSPS) is 12.2. The van der Waals surface area contributed by atoms with E-state index in [-0.39, 0.29) is 0 Å². The van der Waals surface area contributed by atoms with Crippen molar-refractivity contribution in [3.8, 4) is 6.07 Å². The van der Waals surface area contributed by atoms with Gasteiger partial charge in [-0.15, -0.1) is 0 Å². The molecular formula is C9H7BrClNO. The average Bonchev–Trinajstić information content (AvgIpc) is 2.54. The highest BCUT2D eigenvalue weighted by atomic mass is 79.9. The van der Waals surface area contributed by atoms with Crippen molar-refractivity contribution in [2.75, 3.05) is 0 Å². The molecule has 0 aromatic carbocycles. The lowest BCUT2D eigenvalue weighted by Gasteiger charge is -1.96. The van der Waals surface area contributed by atoms with Gasteiger partial charge in [-0.05, 0) is 34.5 Å². The molecular weight excluding hydrogens is 253 g/mol. The van der Waals surface area contributed by atoms with Crippen molar-refractivity contribution in [1.82, 2.24) is 0 Å². The molecule has 1 heterocycles. The summed E-state index contributed by atoms with van der Waals surface area (Å²) in [7, 11) is 0. The Hall–Kier alpha value is -0.720. The van der Waals surface area contributed by atoms with Crippen LogP contribution in [0.4, 0.5) is 0 Å². The maximum atomic E-state index is 8.72. The molecule has 0 atom stereocenters. The van der Waals surface area contributed by atoms with Gasteiger partial charge in [-0.1, -0.05) is 18.5 Å². The molecule has 0 fully saturated rings. The summed E-state index contributed by atoms with van der Waals surface area (Å²) in [5.74, 6) is 0.520. The second-order valence-electron chi connectivity index (χ2n) is 2.36. The molecule has 0 amide bonds. The molecule has 0 saturated heterocycles. The molecule has 1 rings (SSSR count). The summed E-state index contributed by atoms with van der Waals surface area (Å²) in [6.07, 6.45) is 0.605. The minimum atomic E-state index is 0.385. The lowest BCUT2D eigenvalue weighted by atomic mass is 10.2. The Morgan fingerprint density at radius 3 is 2.77 bits per heavy atom. The van der Waals surface area contributed by atoms with Gasteiger partial charge in [-0.2, -0.15) is 5.26 Å². The fourth-order valence-corrected chi connectivity index (χ4v) is 1.45. The molecule has 0 radical (unpaired) electrons. The summed E-state index contributed by atoms with van der Waals surface area (Å²) in [6.45, 7) is 1.87. The maximum absolute atomic E-state index is 8.72. The number of hydrogen-bond acceptors (Lipinski definition) is 2. The highest BCUT2D eigenvalue weighted by Gasteiger charge is 2.08. The van der Waals surface area contributed by atoms with E-state index in [4.69, 9.17) is 21.3 Å². The van der Waals surface area contributed by atoms with E-state index in [2.05, 4.69) is 15.9 Å². The van der Waals surface area contributed by atoms with Gasteiger partial charge >= 0.3 is 0 Å². The molecule has 4 heteroatoms. The summed E-state index contributed by atoms with van der Waals surface area (Å²) in [4.78, 5) is 0. The van der Waals surface area contributed by atoms with Gasteiger partial charge in [0.25, 0.3) is 0 Å². The van der Waals surface area contributed by atoms with E-state index in [9.17, 15) is 0 Å². The smallest absolute Gasteiger partial charge is 0.169 e. The van der Waals surface area contributed by atoms with Crippen LogP contribution in [0.3, 0.4) is 0 Å². The van der Waals surface area contributed by atoms with Crippen LogP contribution < -0.4 is 0 Å². The van der Waals surface area contributed by atoms with Gasteiger partial charge in [0, 0.05) is 0 Å². The van der Waals surface area contributed by atoms with Crippen molar-refractivity contribution in [1.29, 1.82) is 5.26 Å². The number of halogens is 2. The first-order chi connectivity index (χ1) is 6.19. The van der Waals surface area contributed by atoms with E-state index in [1.807, 2.05) is 13.0 Å². The minimum Gasteiger partial charge on any atom is -0.448 e. The Kier molecular flexibility index (Phi) is 3.58. The number of hydrogen-bond donors (Lipinski definition) is 0. The molecule has 13 heavy (non-hydrogen) atoms. The van der Waals surface area contributed by atoms with Gasteiger partial charge in [0.2, 0.25) is 0 Å². The lowest BCUT2D eigenvalue weighted by molar-refractivity contribution is 0.530. The van der Waals surface area contributed by atoms with Crippen LogP contribution >= 0.6 is 27.5 Å². The number of allylic oxidation sites excluding steroid dienone is 1. The third-order valence-electron chi connectivity index (χ3n) is 1.54. The van der Waals surface area contributed by atoms with Crippen molar-refractivity contribution >= 4 is 32.6 Å². The van der Waals surface area contributed by atoms with E-state index >= 15 is 0 Å². The van der Waals surface area contributed by atoms with E-state index < -0.39 is 0 Å². The summed E-state index contributed by atoms with van der Waals surface area (Å²) in [6, 6.07) is 5.49. The summed E-state index contributed by atoms with van der Waals surface area (Å²) >= 11 is 9.09. The molecule has 0 unspecified atom stereocenters. The molecule has 1 aromatic heterocycles. The van der Waals surface area contributed by atoms with Gasteiger partial charge < -0.3 is 4.42 Å². The highest BCUT2D eigenvalue weighted by molar-refractivity contribution is 9.10. The summed E-state index contributed by atoms with van der Waals surface area (Å²) in [5.41, 5.74) is 0.531. The minimum absolute atomic E-state index is 0.385. The Morgan fingerprint density at radius 2 is 2.38 bits per heavy atom. The second-order valence-corrected chi connectivity index (χ2v) is 3.52. The fourth-order valence-electron chi connectivity index (χ4n) is 0.864. The third kappa shape index (κ3) is 2.36. The SMILES string of the molecule is CCC(C#N)=C(Cl)c1ccc(Br)o1. The van der Waals surface area contributed by atoms with Crippen LogP contribution in [-0.4, -0.2) is 0 Å². The third-order valence-corrected chi connectivity index (χ3v) is 2.38. The van der Waals surface area contributed by atoms with Gasteiger partial charge in [-0.3, -0.25) is 0 Å². The topological polar surface area (TPSA) is 36.9 Å². The van der Waals surface area contributed by atoms with E-state index in [0.717, 1.165) is 0 Å². The second kappa shape index (κ2) is 4.50. The van der Waals surface area contributed by atoms with Crippen LogP contribution in [0.1, 0.15) is 19.1 Å². The predicted octanol–water partition coefficient (Wildman–Crippen LogP) is 3.93. The zero-order chi connectivity index (χ0) is 9.84. The molecule has 0 spiro atoms. The van der Waals surface area contributed by atoms with Crippen molar-refractivity contribution in [3.05, 3.63) is 28.1 Å². The van der Waals surface area contributed by atoms with Crippen molar-refractivity contribution < 1.29 is 4.42 Å². The first kappa shape index (κ1) is 10.4. The van der Waals surface area contributed by atoms with Gasteiger partial charge in [0.05, 0.1) is 16.7 Å². The quantitative estimate of drug-likeness (QED) is 0.756. The number of nitrogens with zero attached hydrogens (tertiary/aromatic N) is 1. The van der Waals surface area contributed by atoms with Crippen LogP contribution in [0, 0.1) is 11.3 Å². The first-order valence-corrected chi connectivity index (χ1v) is 4.90. The maximum Gasteiger partial charge on any atom is 0.169 e. The molecule has 0 aliphatic carbocycles. The van der Waals surface area contributed by atoms with E-state index in [1.54, 1.807) is 12.1 Å². The Balaban J connectivity index is 3.09. The van der Waals surface area contributed by atoms with Crippen LogP contribution in [0.15, 0.2) is 26.8 Å². The Labute approximate surface area is 89.9 Å². The van der Waals surface area contributed by atoms with Crippen molar-refractivity contribution in [2.24, 2.45) is 0 Å².